The Hall–Kier alpha value is -2.93. The maximum absolute atomic E-state index is 12.6. The number of aromatic nitrogens is 2. The number of rotatable bonds is 3. The lowest BCUT2D eigenvalue weighted by Gasteiger charge is -2.26. The number of nitrogens with zero attached hydrogens (tertiary/aromatic N) is 2. The summed E-state index contributed by atoms with van der Waals surface area (Å²) in [6.07, 6.45) is 2.79. The zero-order chi connectivity index (χ0) is 18.1. The van der Waals surface area contributed by atoms with E-state index in [2.05, 4.69) is 17.1 Å². The van der Waals surface area contributed by atoms with Crippen molar-refractivity contribution in [1.82, 2.24) is 14.5 Å². The minimum Gasteiger partial charge on any atom is -0.337 e. The molecule has 0 spiro atoms. The summed E-state index contributed by atoms with van der Waals surface area (Å²) in [5.74, 6) is -0.225. The lowest BCUT2D eigenvalue weighted by molar-refractivity contribution is -0.131. The van der Waals surface area contributed by atoms with Crippen LogP contribution in [0.3, 0.4) is 0 Å². The molecule has 0 aliphatic carbocycles. The number of nitrogens with one attached hydrogen (secondary N) is 1. The summed E-state index contributed by atoms with van der Waals surface area (Å²) in [6, 6.07) is 11.8. The number of carbonyl (C=O) groups excluding carboxylic acids is 1. The quantitative estimate of drug-likeness (QED) is 0.770. The van der Waals surface area contributed by atoms with Crippen LogP contribution in [0, 0.1) is 0 Å². The van der Waals surface area contributed by atoms with Gasteiger partial charge in [-0.05, 0) is 29.0 Å². The summed E-state index contributed by atoms with van der Waals surface area (Å²) >= 11 is 1.26. The largest absolute Gasteiger partial charge is 0.337 e. The fraction of sp³-hybridized carbons (Fsp3) is 0.211. The molecule has 0 atom stereocenters. The number of aromatic amines is 1. The molecule has 26 heavy (non-hydrogen) atoms. The predicted molar refractivity (Wildman–Crippen MR) is 102 cm³/mol. The van der Waals surface area contributed by atoms with Crippen molar-refractivity contribution in [2.24, 2.45) is 0 Å². The van der Waals surface area contributed by atoms with Crippen molar-refractivity contribution in [3.05, 3.63) is 74.3 Å². The molecule has 0 saturated carbocycles. The first-order valence-electron chi connectivity index (χ1n) is 8.36. The van der Waals surface area contributed by atoms with Crippen LogP contribution >= 0.6 is 11.3 Å². The van der Waals surface area contributed by atoms with Crippen LogP contribution in [0.1, 0.15) is 12.0 Å². The van der Waals surface area contributed by atoms with E-state index in [1.54, 1.807) is 16.3 Å². The Morgan fingerprint density at radius 2 is 1.96 bits per heavy atom. The van der Waals surface area contributed by atoms with Gasteiger partial charge in [-0.25, -0.2) is 9.36 Å². The highest BCUT2D eigenvalue weighted by atomic mass is 32.1. The van der Waals surface area contributed by atoms with Crippen molar-refractivity contribution in [3.8, 4) is 0 Å². The van der Waals surface area contributed by atoms with Gasteiger partial charge in [0.25, 0.3) is 5.56 Å². The molecule has 1 aliphatic heterocycles. The molecule has 1 amide bonds. The van der Waals surface area contributed by atoms with Crippen molar-refractivity contribution < 1.29 is 4.79 Å². The number of benzene rings is 1. The van der Waals surface area contributed by atoms with E-state index < -0.39 is 11.2 Å². The number of hydrogen-bond acceptors (Lipinski definition) is 4. The molecule has 0 radical (unpaired) electrons. The highest BCUT2D eigenvalue weighted by Crippen LogP contribution is 2.22. The van der Waals surface area contributed by atoms with Crippen molar-refractivity contribution in [2.45, 2.75) is 13.0 Å². The molecule has 1 aliphatic rings. The summed E-state index contributed by atoms with van der Waals surface area (Å²) < 4.78 is 1.44. The molecule has 1 aromatic carbocycles. The zero-order valence-electron chi connectivity index (χ0n) is 14.0. The molecule has 132 valence electrons. The molecule has 6 nitrogen and oxygen atoms in total. The average molecular weight is 367 g/mol. The Labute approximate surface area is 153 Å². The van der Waals surface area contributed by atoms with E-state index in [1.165, 1.54) is 16.9 Å². The van der Waals surface area contributed by atoms with Crippen LogP contribution in [0.4, 0.5) is 0 Å². The summed E-state index contributed by atoms with van der Waals surface area (Å²) in [5.41, 5.74) is 1.93. The monoisotopic (exact) mass is 367 g/mol. The van der Waals surface area contributed by atoms with Crippen LogP contribution in [0.2, 0.25) is 0 Å². The number of thiophene rings is 1. The van der Waals surface area contributed by atoms with Gasteiger partial charge in [-0.3, -0.25) is 9.59 Å². The third kappa shape index (κ3) is 3.01. The van der Waals surface area contributed by atoms with Gasteiger partial charge in [0, 0.05) is 13.1 Å². The normalized spacial score (nSPS) is 14.5. The molecule has 2 aromatic heterocycles. The topological polar surface area (TPSA) is 75.2 Å². The van der Waals surface area contributed by atoms with Crippen LogP contribution < -0.4 is 11.2 Å². The maximum atomic E-state index is 12.6. The van der Waals surface area contributed by atoms with Crippen LogP contribution in [0.15, 0.2) is 57.4 Å². The number of fused-ring (bicyclic) bond motifs is 1. The Morgan fingerprint density at radius 1 is 1.15 bits per heavy atom. The Balaban J connectivity index is 1.52. The Kier molecular flexibility index (Phi) is 4.30. The van der Waals surface area contributed by atoms with Crippen LogP contribution in [-0.4, -0.2) is 33.4 Å². The summed E-state index contributed by atoms with van der Waals surface area (Å²) in [6.45, 7) is 0.820. The van der Waals surface area contributed by atoms with Gasteiger partial charge in [0.15, 0.2) is 0 Å². The molecular formula is C19H17N3O3S. The molecule has 3 heterocycles. The van der Waals surface area contributed by atoms with Crippen LogP contribution in [-0.2, 0) is 11.3 Å². The van der Waals surface area contributed by atoms with Crippen LogP contribution in [0.5, 0.6) is 0 Å². The second kappa shape index (κ2) is 6.76. The molecular weight excluding hydrogens is 350 g/mol. The van der Waals surface area contributed by atoms with E-state index in [4.69, 9.17) is 0 Å². The van der Waals surface area contributed by atoms with E-state index in [1.807, 2.05) is 24.3 Å². The number of amides is 1. The van der Waals surface area contributed by atoms with Gasteiger partial charge in [-0.2, -0.15) is 0 Å². The van der Waals surface area contributed by atoms with Crippen molar-refractivity contribution in [2.75, 3.05) is 13.1 Å². The summed E-state index contributed by atoms with van der Waals surface area (Å²) in [4.78, 5) is 41.5. The molecule has 0 fully saturated rings. The third-order valence-corrected chi connectivity index (χ3v) is 5.49. The van der Waals surface area contributed by atoms with E-state index in [-0.39, 0.29) is 12.5 Å². The predicted octanol–water partition coefficient (Wildman–Crippen LogP) is 2.07. The summed E-state index contributed by atoms with van der Waals surface area (Å²) in [5, 5.41) is 1.74. The number of carbonyl (C=O) groups is 1. The first kappa shape index (κ1) is 16.5. The lowest BCUT2D eigenvalue weighted by atomic mass is 9.99. The van der Waals surface area contributed by atoms with E-state index in [0.717, 1.165) is 16.6 Å². The molecule has 7 heteroatoms. The minimum atomic E-state index is -0.549. The SMILES string of the molecule is O=C(Cn1c(=O)[nH]c2ccsc2c1=O)N1CC=C(c2ccccc2)CC1. The van der Waals surface area contributed by atoms with Gasteiger partial charge >= 0.3 is 5.69 Å². The minimum absolute atomic E-state index is 0.225. The Morgan fingerprint density at radius 3 is 2.69 bits per heavy atom. The molecule has 0 bridgehead atoms. The van der Waals surface area contributed by atoms with Crippen LogP contribution in [0.25, 0.3) is 15.8 Å². The van der Waals surface area contributed by atoms with Gasteiger partial charge in [0.2, 0.25) is 5.91 Å². The highest BCUT2D eigenvalue weighted by molar-refractivity contribution is 7.17. The van der Waals surface area contributed by atoms with Gasteiger partial charge in [-0.1, -0.05) is 36.4 Å². The zero-order valence-corrected chi connectivity index (χ0v) is 14.8. The van der Waals surface area contributed by atoms with Crippen molar-refractivity contribution in [3.63, 3.8) is 0 Å². The highest BCUT2D eigenvalue weighted by Gasteiger charge is 2.20. The molecule has 1 N–H and O–H groups in total. The van der Waals surface area contributed by atoms with Crippen molar-refractivity contribution in [1.29, 1.82) is 0 Å². The average Bonchev–Trinajstić information content (AvgIpc) is 3.14. The fourth-order valence-electron chi connectivity index (χ4n) is 3.16. The molecule has 0 unspecified atom stereocenters. The van der Waals surface area contributed by atoms with Gasteiger partial charge < -0.3 is 9.88 Å². The number of H-pyrrole nitrogens is 1. The molecule has 0 saturated heterocycles. The first-order chi connectivity index (χ1) is 12.6. The van der Waals surface area contributed by atoms with Crippen molar-refractivity contribution >= 4 is 33.0 Å². The second-order valence-electron chi connectivity index (χ2n) is 6.17. The van der Waals surface area contributed by atoms with E-state index in [0.29, 0.717) is 23.3 Å². The standard InChI is InChI=1S/C19H17N3O3S/c23-16(12-22-18(24)17-15(8-11-26-17)20-19(22)25)21-9-6-14(7-10-21)13-4-2-1-3-5-13/h1-6,8,11H,7,9-10,12H2,(H,20,25). The second-order valence-corrected chi connectivity index (χ2v) is 7.09. The lowest BCUT2D eigenvalue weighted by Crippen LogP contribution is -2.43. The first-order valence-corrected chi connectivity index (χ1v) is 9.24. The smallest absolute Gasteiger partial charge is 0.329 e. The molecule has 4 rings (SSSR count). The van der Waals surface area contributed by atoms with E-state index in [9.17, 15) is 14.4 Å². The fourth-order valence-corrected chi connectivity index (χ4v) is 3.96. The Bertz CT molecular complexity index is 1110. The summed E-state index contributed by atoms with van der Waals surface area (Å²) in [7, 11) is 0. The van der Waals surface area contributed by atoms with Gasteiger partial charge in [0.1, 0.15) is 11.2 Å². The van der Waals surface area contributed by atoms with E-state index >= 15 is 0 Å². The third-order valence-electron chi connectivity index (χ3n) is 4.59. The molecule has 3 aromatic rings. The van der Waals surface area contributed by atoms with Gasteiger partial charge in [-0.15, -0.1) is 11.3 Å². The number of hydrogen-bond donors (Lipinski definition) is 1. The van der Waals surface area contributed by atoms with Gasteiger partial charge in [0.05, 0.1) is 5.52 Å². The maximum Gasteiger partial charge on any atom is 0.329 e.